The Morgan fingerprint density at radius 1 is 1.50 bits per heavy atom. The minimum atomic E-state index is -2.92. The molecular weight excluding hydrogens is 150 g/mol. The van der Waals surface area contributed by atoms with Gasteiger partial charge in [0.25, 0.3) is 0 Å². The van der Waals surface area contributed by atoms with Crippen LogP contribution in [-0.4, -0.2) is 25.5 Å². The zero-order chi connectivity index (χ0) is 7.99. The summed E-state index contributed by atoms with van der Waals surface area (Å²) in [5, 5.41) is 0. The highest BCUT2D eigenvalue weighted by Gasteiger charge is 2.54. The average Bonchev–Trinajstić information content (AvgIpc) is 2.36. The van der Waals surface area contributed by atoms with E-state index in [1.54, 1.807) is 6.92 Å². The molecule has 1 atom stereocenters. The zero-order valence-corrected chi connectivity index (χ0v) is 7.11. The zero-order valence-electron chi connectivity index (χ0n) is 6.29. The molecule has 0 unspecified atom stereocenters. The van der Waals surface area contributed by atoms with Crippen LogP contribution in [0.1, 0.15) is 19.8 Å². The van der Waals surface area contributed by atoms with Crippen LogP contribution in [0.4, 0.5) is 0 Å². The smallest absolute Gasteiger partial charge is 0.154 e. The van der Waals surface area contributed by atoms with E-state index >= 15 is 0 Å². The van der Waals surface area contributed by atoms with E-state index in [1.807, 2.05) is 0 Å². The molecule has 0 spiro atoms. The van der Waals surface area contributed by atoms with Gasteiger partial charge in [-0.05, 0) is 19.8 Å². The fourth-order valence-electron chi connectivity index (χ4n) is 1.29. The predicted octanol–water partition coefficient (Wildman–Crippen LogP) is -0.0892. The van der Waals surface area contributed by atoms with E-state index < -0.39 is 14.6 Å². The summed E-state index contributed by atoms with van der Waals surface area (Å²) >= 11 is 0. The van der Waals surface area contributed by atoms with Crippen molar-refractivity contribution in [1.82, 2.24) is 0 Å². The van der Waals surface area contributed by atoms with Gasteiger partial charge < -0.3 is 5.73 Å². The molecule has 0 amide bonds. The molecule has 0 aliphatic heterocycles. The molecule has 0 aromatic carbocycles. The molecule has 1 aliphatic carbocycles. The van der Waals surface area contributed by atoms with E-state index in [9.17, 15) is 8.42 Å². The highest BCUT2D eigenvalue weighted by atomic mass is 32.2. The van der Waals surface area contributed by atoms with Crippen LogP contribution in [0.3, 0.4) is 0 Å². The molecule has 1 saturated carbocycles. The van der Waals surface area contributed by atoms with E-state index in [2.05, 4.69) is 0 Å². The van der Waals surface area contributed by atoms with Gasteiger partial charge in [-0.25, -0.2) is 8.42 Å². The van der Waals surface area contributed by atoms with Crippen molar-refractivity contribution in [3.05, 3.63) is 0 Å². The third-order valence-corrected chi connectivity index (χ3v) is 4.57. The van der Waals surface area contributed by atoms with Gasteiger partial charge in [-0.15, -0.1) is 0 Å². The molecule has 0 heterocycles. The van der Waals surface area contributed by atoms with Gasteiger partial charge in [-0.3, -0.25) is 0 Å². The second kappa shape index (κ2) is 1.95. The lowest BCUT2D eigenvalue weighted by molar-refractivity contribution is 0.560. The summed E-state index contributed by atoms with van der Waals surface area (Å²) in [6, 6.07) is -0.220. The van der Waals surface area contributed by atoms with Crippen molar-refractivity contribution in [2.75, 3.05) is 6.26 Å². The summed E-state index contributed by atoms with van der Waals surface area (Å²) in [4.78, 5) is 0. The summed E-state index contributed by atoms with van der Waals surface area (Å²) in [7, 11) is -2.92. The Kier molecular flexibility index (Phi) is 1.56. The van der Waals surface area contributed by atoms with E-state index in [1.165, 1.54) is 6.26 Å². The van der Waals surface area contributed by atoms with E-state index in [0.29, 0.717) is 0 Å². The van der Waals surface area contributed by atoms with E-state index in [4.69, 9.17) is 5.73 Å². The topological polar surface area (TPSA) is 60.2 Å². The van der Waals surface area contributed by atoms with Crippen molar-refractivity contribution in [3.8, 4) is 0 Å². The van der Waals surface area contributed by atoms with Crippen LogP contribution in [0.2, 0.25) is 0 Å². The maximum atomic E-state index is 11.1. The minimum Gasteiger partial charge on any atom is -0.327 e. The van der Waals surface area contributed by atoms with Crippen molar-refractivity contribution in [3.63, 3.8) is 0 Å². The molecule has 1 aliphatic rings. The molecular formula is C6H13NO2S. The summed E-state index contributed by atoms with van der Waals surface area (Å²) in [5.74, 6) is 0. The van der Waals surface area contributed by atoms with Crippen LogP contribution in [0, 0.1) is 0 Å². The highest BCUT2D eigenvalue weighted by molar-refractivity contribution is 7.92. The van der Waals surface area contributed by atoms with Crippen LogP contribution < -0.4 is 5.73 Å². The van der Waals surface area contributed by atoms with Gasteiger partial charge >= 0.3 is 0 Å². The Bertz CT molecular complexity index is 226. The third kappa shape index (κ3) is 0.953. The van der Waals surface area contributed by atoms with Crippen LogP contribution in [0.15, 0.2) is 0 Å². The normalized spacial score (nSPS) is 25.9. The lowest BCUT2D eigenvalue weighted by Crippen LogP contribution is -2.39. The standard InChI is InChI=1S/C6H13NO2S/c1-5(7)6(3-4-6)10(2,8)9/h5H,3-4,7H2,1-2H3/t5-/m0/s1. The molecule has 10 heavy (non-hydrogen) atoms. The first-order chi connectivity index (χ1) is 4.40. The van der Waals surface area contributed by atoms with Crippen molar-refractivity contribution < 1.29 is 8.42 Å². The Morgan fingerprint density at radius 3 is 1.90 bits per heavy atom. The second-order valence-electron chi connectivity index (χ2n) is 3.13. The summed E-state index contributed by atoms with van der Waals surface area (Å²) in [6.07, 6.45) is 2.75. The Morgan fingerprint density at radius 2 is 1.90 bits per heavy atom. The molecule has 3 nitrogen and oxygen atoms in total. The predicted molar refractivity (Wildman–Crippen MR) is 40.5 cm³/mol. The number of hydrogen-bond donors (Lipinski definition) is 1. The first kappa shape index (κ1) is 8.01. The van der Waals surface area contributed by atoms with Gasteiger partial charge in [0.1, 0.15) is 0 Å². The molecule has 60 valence electrons. The maximum Gasteiger partial charge on any atom is 0.154 e. The first-order valence-electron chi connectivity index (χ1n) is 3.35. The summed E-state index contributed by atoms with van der Waals surface area (Å²) in [5.41, 5.74) is 5.54. The fourth-order valence-corrected chi connectivity index (χ4v) is 2.81. The van der Waals surface area contributed by atoms with Gasteiger partial charge in [0.05, 0.1) is 4.75 Å². The molecule has 0 radical (unpaired) electrons. The maximum absolute atomic E-state index is 11.1. The van der Waals surface area contributed by atoms with Gasteiger partial charge in [0, 0.05) is 12.3 Å². The Balaban J connectivity index is 2.91. The van der Waals surface area contributed by atoms with Gasteiger partial charge in [-0.1, -0.05) is 0 Å². The van der Waals surface area contributed by atoms with Crippen molar-refractivity contribution in [2.24, 2.45) is 5.73 Å². The third-order valence-electron chi connectivity index (χ3n) is 2.31. The van der Waals surface area contributed by atoms with Crippen molar-refractivity contribution in [2.45, 2.75) is 30.6 Å². The molecule has 2 N–H and O–H groups in total. The highest BCUT2D eigenvalue weighted by Crippen LogP contribution is 2.45. The Labute approximate surface area is 61.5 Å². The molecule has 0 bridgehead atoms. The summed E-state index contributed by atoms with van der Waals surface area (Å²) < 4.78 is 21.6. The Hall–Kier alpha value is -0.0900. The summed E-state index contributed by atoms with van der Waals surface area (Å²) in [6.45, 7) is 1.76. The lowest BCUT2D eigenvalue weighted by atomic mass is 10.2. The SMILES string of the molecule is C[C@H](N)C1(S(C)(=O)=O)CC1. The molecule has 1 rings (SSSR count). The van der Waals surface area contributed by atoms with E-state index in [-0.39, 0.29) is 6.04 Å². The molecule has 0 aromatic rings. The molecule has 0 saturated heterocycles. The quantitative estimate of drug-likeness (QED) is 0.619. The number of nitrogens with two attached hydrogens (primary N) is 1. The molecule has 1 fully saturated rings. The molecule has 0 aromatic heterocycles. The van der Waals surface area contributed by atoms with Crippen molar-refractivity contribution >= 4 is 9.84 Å². The number of sulfone groups is 1. The number of rotatable bonds is 2. The van der Waals surface area contributed by atoms with Crippen LogP contribution >= 0.6 is 0 Å². The largest absolute Gasteiger partial charge is 0.327 e. The van der Waals surface area contributed by atoms with Crippen molar-refractivity contribution in [1.29, 1.82) is 0 Å². The van der Waals surface area contributed by atoms with Gasteiger partial charge in [0.15, 0.2) is 9.84 Å². The first-order valence-corrected chi connectivity index (χ1v) is 5.24. The van der Waals surface area contributed by atoms with Crippen LogP contribution in [-0.2, 0) is 9.84 Å². The van der Waals surface area contributed by atoms with Gasteiger partial charge in [-0.2, -0.15) is 0 Å². The minimum absolute atomic E-state index is 0.220. The lowest BCUT2D eigenvalue weighted by Gasteiger charge is -2.16. The molecule has 4 heteroatoms. The monoisotopic (exact) mass is 163 g/mol. The van der Waals surface area contributed by atoms with Crippen LogP contribution in [0.5, 0.6) is 0 Å². The van der Waals surface area contributed by atoms with Gasteiger partial charge in [0.2, 0.25) is 0 Å². The van der Waals surface area contributed by atoms with Crippen LogP contribution in [0.25, 0.3) is 0 Å². The fraction of sp³-hybridized carbons (Fsp3) is 1.00. The van der Waals surface area contributed by atoms with E-state index in [0.717, 1.165) is 12.8 Å². The second-order valence-corrected chi connectivity index (χ2v) is 5.48. The average molecular weight is 163 g/mol. The number of hydrogen-bond acceptors (Lipinski definition) is 3.